The number of benzene rings is 1. The Kier molecular flexibility index (Phi) is 6.10. The van der Waals surface area contributed by atoms with Crippen LogP contribution in [0.5, 0.6) is 5.75 Å². The van der Waals surface area contributed by atoms with Crippen LogP contribution >= 0.6 is 11.6 Å². The minimum atomic E-state index is -0.392. The van der Waals surface area contributed by atoms with Gasteiger partial charge in [0.15, 0.2) is 5.82 Å². The summed E-state index contributed by atoms with van der Waals surface area (Å²) in [5, 5.41) is 15.5. The maximum atomic E-state index is 11.9. The fourth-order valence-electron chi connectivity index (χ4n) is 5.51. The number of hydrogen-bond donors (Lipinski definition) is 1. The zero-order valence-corrected chi connectivity index (χ0v) is 21.1. The molecule has 2 saturated heterocycles. The number of halogens is 1. The minimum absolute atomic E-state index is 0.0337. The number of nitrogens with zero attached hydrogens (tertiary/aromatic N) is 6. The molecule has 12 heteroatoms. The maximum Gasteiger partial charge on any atom is 0.294 e. The topological polar surface area (TPSA) is 109 Å². The Morgan fingerprint density at radius 3 is 2.80 bits per heavy atom. The van der Waals surface area contributed by atoms with Gasteiger partial charge >= 0.3 is 0 Å². The van der Waals surface area contributed by atoms with Crippen LogP contribution in [0.3, 0.4) is 0 Å². The third-order valence-corrected chi connectivity index (χ3v) is 7.59. The van der Waals surface area contributed by atoms with Crippen molar-refractivity contribution in [2.24, 2.45) is 5.92 Å². The van der Waals surface area contributed by atoms with Crippen molar-refractivity contribution in [3.05, 3.63) is 33.5 Å². The lowest BCUT2D eigenvalue weighted by molar-refractivity contribution is -0.384. The van der Waals surface area contributed by atoms with Crippen molar-refractivity contribution in [2.75, 3.05) is 69.6 Å². The number of anilines is 4. The summed E-state index contributed by atoms with van der Waals surface area (Å²) >= 11 is 6.52. The summed E-state index contributed by atoms with van der Waals surface area (Å²) in [5.74, 6) is 1.89. The van der Waals surface area contributed by atoms with E-state index in [2.05, 4.69) is 15.2 Å². The highest BCUT2D eigenvalue weighted by molar-refractivity contribution is 6.32. The summed E-state index contributed by atoms with van der Waals surface area (Å²) in [7, 11) is 7.27. The first-order chi connectivity index (χ1) is 16.7. The maximum absolute atomic E-state index is 11.9. The van der Waals surface area contributed by atoms with E-state index in [1.165, 1.54) is 13.2 Å². The molecule has 35 heavy (non-hydrogen) atoms. The van der Waals surface area contributed by atoms with Gasteiger partial charge in [-0.05, 0) is 26.9 Å². The van der Waals surface area contributed by atoms with Gasteiger partial charge in [-0.2, -0.15) is 4.98 Å². The number of piperidine rings is 1. The SMILES string of the molecule is COc1cc(N(C)CCN(C)C)c([N+](=O)[O-])cc1Nc1ncc(Cl)c(N2C[C@@H]3CC24COC3C4)n1. The van der Waals surface area contributed by atoms with Crippen molar-refractivity contribution in [3.8, 4) is 5.75 Å². The van der Waals surface area contributed by atoms with Crippen LogP contribution in [0.2, 0.25) is 5.02 Å². The average Bonchev–Trinajstić information content (AvgIpc) is 3.50. The molecule has 2 unspecified atom stereocenters. The van der Waals surface area contributed by atoms with Gasteiger partial charge in [0.05, 0.1) is 42.2 Å². The number of rotatable bonds is 9. The van der Waals surface area contributed by atoms with Gasteiger partial charge in [-0.25, -0.2) is 4.98 Å². The zero-order chi connectivity index (χ0) is 24.9. The number of nitro groups is 1. The van der Waals surface area contributed by atoms with Crippen molar-refractivity contribution < 1.29 is 14.4 Å². The fourth-order valence-corrected chi connectivity index (χ4v) is 5.71. The van der Waals surface area contributed by atoms with Gasteiger partial charge in [-0.3, -0.25) is 10.1 Å². The Labute approximate surface area is 209 Å². The number of hydrogen-bond acceptors (Lipinski definition) is 10. The second-order valence-electron chi connectivity index (χ2n) is 9.87. The summed E-state index contributed by atoms with van der Waals surface area (Å²) in [5.41, 5.74) is 0.788. The van der Waals surface area contributed by atoms with Gasteiger partial charge in [0.1, 0.15) is 16.5 Å². The Bertz CT molecular complexity index is 1150. The van der Waals surface area contributed by atoms with Crippen molar-refractivity contribution in [3.63, 3.8) is 0 Å². The molecule has 1 aromatic heterocycles. The number of fused-ring (bicyclic) bond motifs is 3. The molecule has 2 aromatic rings. The average molecular weight is 504 g/mol. The highest BCUT2D eigenvalue weighted by Gasteiger charge is 2.61. The lowest BCUT2D eigenvalue weighted by atomic mass is 10.00. The Balaban J connectivity index is 1.44. The van der Waals surface area contributed by atoms with Gasteiger partial charge in [-0.15, -0.1) is 0 Å². The monoisotopic (exact) mass is 503 g/mol. The third-order valence-electron chi connectivity index (χ3n) is 7.32. The van der Waals surface area contributed by atoms with Crippen LogP contribution < -0.4 is 19.9 Å². The number of ether oxygens (including phenoxy) is 2. The predicted octanol–water partition coefficient (Wildman–Crippen LogP) is 3.16. The van der Waals surface area contributed by atoms with Crippen LogP contribution in [0.1, 0.15) is 12.8 Å². The lowest BCUT2D eigenvalue weighted by Gasteiger charge is -2.35. The molecule has 1 aliphatic carbocycles. The van der Waals surface area contributed by atoms with Crippen LogP contribution in [0, 0.1) is 16.0 Å². The summed E-state index contributed by atoms with van der Waals surface area (Å²) in [6.07, 6.45) is 3.98. The second kappa shape index (κ2) is 8.96. The Hall–Kier alpha value is -2.89. The van der Waals surface area contributed by atoms with E-state index in [9.17, 15) is 10.1 Å². The summed E-state index contributed by atoms with van der Waals surface area (Å²) < 4.78 is 11.5. The van der Waals surface area contributed by atoms with E-state index >= 15 is 0 Å². The Morgan fingerprint density at radius 1 is 1.34 bits per heavy atom. The van der Waals surface area contributed by atoms with Crippen LogP contribution in [0.25, 0.3) is 0 Å². The minimum Gasteiger partial charge on any atom is -0.494 e. The Morgan fingerprint density at radius 2 is 2.14 bits per heavy atom. The summed E-state index contributed by atoms with van der Waals surface area (Å²) in [6, 6.07) is 3.13. The van der Waals surface area contributed by atoms with Gasteiger partial charge < -0.3 is 29.5 Å². The van der Waals surface area contributed by atoms with Gasteiger partial charge in [0, 0.05) is 44.7 Å². The van der Waals surface area contributed by atoms with E-state index in [-0.39, 0.29) is 11.2 Å². The molecule has 11 nitrogen and oxygen atoms in total. The van der Waals surface area contributed by atoms with E-state index in [1.54, 1.807) is 12.3 Å². The third kappa shape index (κ3) is 4.21. The number of nitrogens with one attached hydrogen (secondary N) is 1. The molecule has 3 aliphatic rings. The van der Waals surface area contributed by atoms with Crippen molar-refractivity contribution in [2.45, 2.75) is 24.5 Å². The van der Waals surface area contributed by atoms with Gasteiger partial charge in [0.2, 0.25) is 5.95 Å². The molecule has 1 aromatic carbocycles. The molecule has 2 aliphatic heterocycles. The molecule has 0 amide bonds. The number of aromatic nitrogens is 2. The highest BCUT2D eigenvalue weighted by Crippen LogP contribution is 2.54. The molecule has 3 heterocycles. The quantitative estimate of drug-likeness (QED) is 0.404. The first-order valence-corrected chi connectivity index (χ1v) is 12.0. The summed E-state index contributed by atoms with van der Waals surface area (Å²) in [4.78, 5) is 26.7. The number of likely N-dealkylation sites (N-methyl/N-ethyl adjacent to an activating group) is 2. The van der Waals surface area contributed by atoms with E-state index in [0.29, 0.717) is 59.1 Å². The second-order valence-corrected chi connectivity index (χ2v) is 10.3. The van der Waals surface area contributed by atoms with E-state index in [1.807, 2.05) is 30.9 Å². The normalized spacial score (nSPS) is 24.3. The standard InChI is InChI=1S/C23H30ClN7O4/c1-28(2)5-6-29(3)17-8-19(34-4)16(7-18(17)31(32)33)26-22-25-11-15(24)21(27-22)30-12-14-9-23(30)10-20(14)35-13-23/h7-8,11,14,20H,5-6,9-10,12-13H2,1-4H3,(H,25,26,27)/t14-,20?,23?/m0/s1. The first kappa shape index (κ1) is 23.8. The van der Waals surface area contributed by atoms with Crippen LogP contribution in [0.4, 0.5) is 28.8 Å². The molecule has 1 N–H and O–H groups in total. The lowest BCUT2D eigenvalue weighted by Crippen LogP contribution is -2.46. The smallest absolute Gasteiger partial charge is 0.294 e. The van der Waals surface area contributed by atoms with Gasteiger partial charge in [0.25, 0.3) is 5.69 Å². The molecule has 3 fully saturated rings. The van der Waals surface area contributed by atoms with Crippen molar-refractivity contribution in [1.82, 2.24) is 14.9 Å². The van der Waals surface area contributed by atoms with Crippen LogP contribution in [0.15, 0.2) is 18.3 Å². The first-order valence-electron chi connectivity index (χ1n) is 11.6. The van der Waals surface area contributed by atoms with E-state index in [4.69, 9.17) is 26.1 Å². The molecule has 1 saturated carbocycles. The molecule has 188 valence electrons. The van der Waals surface area contributed by atoms with Crippen LogP contribution in [-0.4, -0.2) is 85.9 Å². The molecular formula is C23H30ClN7O4. The van der Waals surface area contributed by atoms with E-state index in [0.717, 1.165) is 25.9 Å². The molecule has 1 spiro atoms. The highest BCUT2D eigenvalue weighted by atomic mass is 35.5. The largest absolute Gasteiger partial charge is 0.494 e. The predicted molar refractivity (Wildman–Crippen MR) is 134 cm³/mol. The van der Waals surface area contributed by atoms with Crippen molar-refractivity contribution >= 4 is 40.4 Å². The molecular weight excluding hydrogens is 474 g/mol. The van der Waals surface area contributed by atoms with Gasteiger partial charge in [-0.1, -0.05) is 11.6 Å². The number of nitro benzene ring substituents is 1. The molecule has 0 radical (unpaired) electrons. The fraction of sp³-hybridized carbons (Fsp3) is 0.565. The van der Waals surface area contributed by atoms with E-state index < -0.39 is 4.92 Å². The zero-order valence-electron chi connectivity index (χ0n) is 20.3. The molecule has 3 bridgehead atoms. The molecule has 5 rings (SSSR count). The molecule has 3 atom stereocenters. The number of methoxy groups -OCH3 is 1. The van der Waals surface area contributed by atoms with Crippen LogP contribution in [-0.2, 0) is 4.74 Å². The summed E-state index contributed by atoms with van der Waals surface area (Å²) in [6.45, 7) is 2.91. The van der Waals surface area contributed by atoms with Crippen molar-refractivity contribution in [1.29, 1.82) is 0 Å².